The molecule has 0 radical (unpaired) electrons. The Bertz CT molecular complexity index is 332. The molecular weight excluding hydrogens is 194 g/mol. The Morgan fingerprint density at radius 3 is 2.47 bits per heavy atom. The molecule has 1 aromatic heterocycles. The molecule has 0 spiro atoms. The van der Waals surface area contributed by atoms with Gasteiger partial charge in [0.15, 0.2) is 0 Å². The van der Waals surface area contributed by atoms with Gasteiger partial charge in [-0.25, -0.2) is 0 Å². The second-order valence-electron chi connectivity index (χ2n) is 4.04. The molecule has 1 rings (SSSR count). The van der Waals surface area contributed by atoms with Crippen molar-refractivity contribution in [2.75, 3.05) is 30.0 Å². The summed E-state index contributed by atoms with van der Waals surface area (Å²) in [6, 6.07) is 1.62. The first kappa shape index (κ1) is 11.5. The number of hydrogen-bond acceptors (Lipinski definition) is 6. The number of rotatable bonds is 3. The minimum absolute atomic E-state index is 0.00725. The molecule has 1 heterocycles. The predicted octanol–water partition coefficient (Wildman–Crippen LogP) is -0.152. The zero-order valence-corrected chi connectivity index (χ0v) is 9.23. The summed E-state index contributed by atoms with van der Waals surface area (Å²) in [4.78, 5) is 9.64. The zero-order valence-electron chi connectivity index (χ0n) is 9.23. The maximum atomic E-state index is 9.22. The van der Waals surface area contributed by atoms with Crippen LogP contribution in [0, 0.1) is 0 Å². The highest BCUT2D eigenvalue weighted by atomic mass is 16.3. The van der Waals surface area contributed by atoms with Crippen molar-refractivity contribution in [3.8, 4) is 0 Å². The summed E-state index contributed by atoms with van der Waals surface area (Å²) in [7, 11) is 1.82. The van der Waals surface area contributed by atoms with Gasteiger partial charge in [0.1, 0.15) is 11.6 Å². The quantitative estimate of drug-likeness (QED) is 0.642. The van der Waals surface area contributed by atoms with Gasteiger partial charge in [-0.1, -0.05) is 0 Å². The molecule has 0 aliphatic heterocycles. The average molecular weight is 211 g/mol. The van der Waals surface area contributed by atoms with E-state index in [4.69, 9.17) is 11.5 Å². The highest BCUT2D eigenvalue weighted by Gasteiger charge is 2.24. The Morgan fingerprint density at radius 1 is 1.40 bits per heavy atom. The van der Waals surface area contributed by atoms with Crippen molar-refractivity contribution < 1.29 is 5.11 Å². The summed E-state index contributed by atoms with van der Waals surface area (Å²) >= 11 is 0. The van der Waals surface area contributed by atoms with Gasteiger partial charge in [0.2, 0.25) is 5.95 Å². The lowest BCUT2D eigenvalue weighted by molar-refractivity contribution is 0.215. The van der Waals surface area contributed by atoms with Gasteiger partial charge in [0.25, 0.3) is 0 Å². The number of anilines is 3. The molecule has 0 bridgehead atoms. The van der Waals surface area contributed by atoms with Gasteiger partial charge in [0, 0.05) is 13.1 Å². The Labute approximate surface area is 88.9 Å². The van der Waals surface area contributed by atoms with E-state index in [-0.39, 0.29) is 12.6 Å². The lowest BCUT2D eigenvalue weighted by Gasteiger charge is -2.34. The molecule has 0 atom stereocenters. The minimum Gasteiger partial charge on any atom is -0.394 e. The molecule has 0 amide bonds. The van der Waals surface area contributed by atoms with E-state index in [0.29, 0.717) is 11.6 Å². The topological polar surface area (TPSA) is 101 Å². The van der Waals surface area contributed by atoms with Crippen LogP contribution in [0.3, 0.4) is 0 Å². The molecule has 0 saturated carbocycles. The van der Waals surface area contributed by atoms with Crippen molar-refractivity contribution in [3.63, 3.8) is 0 Å². The molecule has 5 N–H and O–H groups in total. The third-order valence-corrected chi connectivity index (χ3v) is 2.39. The van der Waals surface area contributed by atoms with Crippen LogP contribution >= 0.6 is 0 Å². The van der Waals surface area contributed by atoms with Crippen molar-refractivity contribution in [1.82, 2.24) is 9.97 Å². The van der Waals surface area contributed by atoms with Gasteiger partial charge in [-0.15, -0.1) is 0 Å². The molecular formula is C9H17N5O. The monoisotopic (exact) mass is 211 g/mol. The number of aliphatic hydroxyl groups excluding tert-OH is 1. The standard InChI is InChI=1S/C9H17N5O/c1-9(2,5-15)14(3)7-4-6(10)12-8(11)13-7/h4,15H,5H2,1-3H3,(H4,10,11,12,13). The van der Waals surface area contributed by atoms with Crippen LogP contribution in [0.15, 0.2) is 6.07 Å². The summed E-state index contributed by atoms with van der Waals surface area (Å²) in [6.07, 6.45) is 0. The van der Waals surface area contributed by atoms with E-state index in [2.05, 4.69) is 9.97 Å². The van der Waals surface area contributed by atoms with Crippen molar-refractivity contribution in [1.29, 1.82) is 0 Å². The first-order valence-electron chi connectivity index (χ1n) is 4.61. The summed E-state index contributed by atoms with van der Waals surface area (Å²) in [6.45, 7) is 3.79. The molecule has 0 aromatic carbocycles. The Hall–Kier alpha value is -1.56. The third-order valence-electron chi connectivity index (χ3n) is 2.39. The van der Waals surface area contributed by atoms with Crippen molar-refractivity contribution in [2.45, 2.75) is 19.4 Å². The van der Waals surface area contributed by atoms with E-state index in [1.807, 2.05) is 20.9 Å². The van der Waals surface area contributed by atoms with E-state index in [9.17, 15) is 5.11 Å². The number of aromatic nitrogens is 2. The summed E-state index contributed by atoms with van der Waals surface area (Å²) < 4.78 is 0. The highest BCUT2D eigenvalue weighted by Crippen LogP contribution is 2.21. The molecule has 0 saturated heterocycles. The second-order valence-corrected chi connectivity index (χ2v) is 4.04. The fraction of sp³-hybridized carbons (Fsp3) is 0.556. The summed E-state index contributed by atoms with van der Waals surface area (Å²) in [5.41, 5.74) is 10.6. The fourth-order valence-electron chi connectivity index (χ4n) is 1.06. The largest absolute Gasteiger partial charge is 0.394 e. The van der Waals surface area contributed by atoms with Crippen molar-refractivity contribution in [3.05, 3.63) is 6.07 Å². The molecule has 6 heteroatoms. The van der Waals surface area contributed by atoms with Crippen LogP contribution in [-0.2, 0) is 0 Å². The van der Waals surface area contributed by atoms with E-state index in [1.165, 1.54) is 0 Å². The van der Waals surface area contributed by atoms with Crippen LogP contribution in [0.2, 0.25) is 0 Å². The SMILES string of the molecule is CN(c1cc(N)nc(N)n1)C(C)(C)CO. The predicted molar refractivity (Wildman–Crippen MR) is 60.4 cm³/mol. The molecule has 0 aliphatic rings. The molecule has 0 unspecified atom stereocenters. The van der Waals surface area contributed by atoms with Crippen LogP contribution in [0.4, 0.5) is 17.6 Å². The van der Waals surface area contributed by atoms with Crippen molar-refractivity contribution in [2.24, 2.45) is 0 Å². The van der Waals surface area contributed by atoms with Gasteiger partial charge in [-0.2, -0.15) is 9.97 Å². The van der Waals surface area contributed by atoms with Crippen LogP contribution in [0.25, 0.3) is 0 Å². The van der Waals surface area contributed by atoms with E-state index in [0.717, 1.165) is 0 Å². The number of nitrogens with two attached hydrogens (primary N) is 2. The first-order chi connectivity index (χ1) is 6.86. The lowest BCUT2D eigenvalue weighted by atomic mass is 10.1. The summed E-state index contributed by atoms with van der Waals surface area (Å²) in [5, 5.41) is 9.22. The number of nitrogen functional groups attached to an aromatic ring is 2. The number of likely N-dealkylation sites (N-methyl/N-ethyl adjacent to an activating group) is 1. The van der Waals surface area contributed by atoms with Crippen LogP contribution in [-0.4, -0.2) is 34.3 Å². The maximum Gasteiger partial charge on any atom is 0.223 e. The minimum atomic E-state index is -0.423. The number of nitrogens with zero attached hydrogens (tertiary/aromatic N) is 3. The normalized spacial score (nSPS) is 11.5. The van der Waals surface area contributed by atoms with E-state index in [1.54, 1.807) is 11.0 Å². The van der Waals surface area contributed by atoms with Crippen LogP contribution in [0.1, 0.15) is 13.8 Å². The lowest BCUT2D eigenvalue weighted by Crippen LogP contribution is -2.44. The zero-order chi connectivity index (χ0) is 11.6. The van der Waals surface area contributed by atoms with E-state index < -0.39 is 5.54 Å². The van der Waals surface area contributed by atoms with Crippen LogP contribution in [0.5, 0.6) is 0 Å². The van der Waals surface area contributed by atoms with Gasteiger partial charge >= 0.3 is 0 Å². The molecule has 6 nitrogen and oxygen atoms in total. The Balaban J connectivity index is 3.06. The molecule has 15 heavy (non-hydrogen) atoms. The Morgan fingerprint density at radius 2 is 2.00 bits per heavy atom. The van der Waals surface area contributed by atoms with E-state index >= 15 is 0 Å². The van der Waals surface area contributed by atoms with Crippen molar-refractivity contribution >= 4 is 17.6 Å². The molecule has 0 fully saturated rings. The van der Waals surface area contributed by atoms with Crippen LogP contribution < -0.4 is 16.4 Å². The summed E-state index contributed by atoms with van der Waals surface area (Å²) in [5.74, 6) is 1.04. The molecule has 1 aromatic rings. The third kappa shape index (κ3) is 2.47. The van der Waals surface area contributed by atoms with Gasteiger partial charge in [-0.3, -0.25) is 0 Å². The maximum absolute atomic E-state index is 9.22. The second kappa shape index (κ2) is 3.90. The smallest absolute Gasteiger partial charge is 0.223 e. The average Bonchev–Trinajstić information content (AvgIpc) is 2.15. The Kier molecular flexibility index (Phi) is 2.99. The van der Waals surface area contributed by atoms with Gasteiger partial charge < -0.3 is 21.5 Å². The molecule has 84 valence electrons. The van der Waals surface area contributed by atoms with Gasteiger partial charge in [0.05, 0.1) is 12.1 Å². The number of hydrogen-bond donors (Lipinski definition) is 3. The number of aliphatic hydroxyl groups is 1. The highest BCUT2D eigenvalue weighted by molar-refractivity contribution is 5.51. The first-order valence-corrected chi connectivity index (χ1v) is 4.61. The molecule has 0 aliphatic carbocycles. The van der Waals surface area contributed by atoms with Gasteiger partial charge in [-0.05, 0) is 13.8 Å². The fourth-order valence-corrected chi connectivity index (χ4v) is 1.06.